The molecule has 2 amide bonds. The van der Waals surface area contributed by atoms with Gasteiger partial charge in [0.15, 0.2) is 5.76 Å². The van der Waals surface area contributed by atoms with Crippen LogP contribution >= 0.6 is 0 Å². The summed E-state index contributed by atoms with van der Waals surface area (Å²) in [5.41, 5.74) is 6.03. The Hall–Kier alpha value is -2.76. The fraction of sp³-hybridized carbons (Fsp3) is 0.294. The summed E-state index contributed by atoms with van der Waals surface area (Å²) in [7, 11) is 0. The van der Waals surface area contributed by atoms with Crippen LogP contribution < -0.4 is 15.8 Å². The van der Waals surface area contributed by atoms with Crippen LogP contribution in [0.3, 0.4) is 0 Å². The third kappa shape index (κ3) is 2.92. The van der Waals surface area contributed by atoms with Gasteiger partial charge in [-0.1, -0.05) is 19.1 Å². The van der Waals surface area contributed by atoms with Gasteiger partial charge in [0.05, 0.1) is 0 Å². The number of amides is 2. The van der Waals surface area contributed by atoms with Gasteiger partial charge in [-0.25, -0.2) is 4.79 Å². The zero-order valence-electron chi connectivity index (χ0n) is 12.6. The van der Waals surface area contributed by atoms with Gasteiger partial charge < -0.3 is 20.2 Å². The van der Waals surface area contributed by atoms with Crippen LogP contribution in [0.1, 0.15) is 29.8 Å². The molecule has 0 atom stereocenters. The maximum Gasteiger partial charge on any atom is 0.316 e. The topological polar surface area (TPSA) is 94.6 Å². The van der Waals surface area contributed by atoms with Gasteiger partial charge in [0.1, 0.15) is 23.6 Å². The summed E-state index contributed by atoms with van der Waals surface area (Å²) in [5.74, 6) is 0.619. The molecule has 1 aliphatic rings. The highest BCUT2D eigenvalue weighted by molar-refractivity contribution is 6.11. The van der Waals surface area contributed by atoms with Crippen molar-refractivity contribution in [3.63, 3.8) is 0 Å². The first-order valence-electron chi connectivity index (χ1n) is 7.51. The van der Waals surface area contributed by atoms with Gasteiger partial charge in [0, 0.05) is 17.4 Å². The molecule has 0 bridgehead atoms. The number of nitrogens with one attached hydrogen (secondary N) is 1. The third-order valence-electron chi connectivity index (χ3n) is 3.98. The van der Waals surface area contributed by atoms with Gasteiger partial charge in [-0.05, 0) is 25.0 Å². The first kappa shape index (κ1) is 15.1. The molecule has 0 aliphatic heterocycles. The molecule has 6 heteroatoms. The van der Waals surface area contributed by atoms with Crippen LogP contribution in [0.5, 0.6) is 5.75 Å². The predicted octanol–water partition coefficient (Wildman–Crippen LogP) is 3.47. The Morgan fingerprint density at radius 3 is 2.83 bits per heavy atom. The van der Waals surface area contributed by atoms with Crippen LogP contribution in [-0.2, 0) is 0 Å². The third-order valence-corrected chi connectivity index (χ3v) is 3.98. The van der Waals surface area contributed by atoms with Crippen molar-refractivity contribution in [2.75, 3.05) is 11.9 Å². The molecular weight excluding hydrogens is 296 g/mol. The molecule has 1 heterocycles. The molecule has 23 heavy (non-hydrogen) atoms. The smallest absolute Gasteiger partial charge is 0.316 e. The van der Waals surface area contributed by atoms with E-state index in [1.165, 1.54) is 0 Å². The number of Topliss-reactive ketones (excluding diaryl/α,β-unsaturated/α-hetero) is 1. The summed E-state index contributed by atoms with van der Waals surface area (Å²) in [6.45, 7) is 3.96. The number of benzene rings is 1. The van der Waals surface area contributed by atoms with E-state index in [0.29, 0.717) is 29.0 Å². The molecule has 0 unspecified atom stereocenters. The van der Waals surface area contributed by atoms with Crippen molar-refractivity contribution in [1.82, 2.24) is 0 Å². The standard InChI is InChI=1S/C17H18N2O4/c1-2-8-22-11-6-7-12-13(9-11)23-16(14(12)19-17(18)21)15(20)10-4-3-5-10/h2,6-7,9-10H,1,3-5,8H2,(H3,18,19,21). The molecule has 3 N–H and O–H groups in total. The molecular formula is C17H18N2O4. The number of carbonyl (C=O) groups is 2. The number of primary amides is 1. The summed E-state index contributed by atoms with van der Waals surface area (Å²) >= 11 is 0. The second kappa shape index (κ2) is 6.16. The first-order chi connectivity index (χ1) is 11.1. The summed E-state index contributed by atoms with van der Waals surface area (Å²) < 4.78 is 11.2. The highest BCUT2D eigenvalue weighted by atomic mass is 16.5. The number of urea groups is 1. The lowest BCUT2D eigenvalue weighted by atomic mass is 9.81. The monoisotopic (exact) mass is 314 g/mol. The summed E-state index contributed by atoms with van der Waals surface area (Å²) in [6.07, 6.45) is 4.37. The van der Waals surface area contributed by atoms with Crippen molar-refractivity contribution in [3.05, 3.63) is 36.6 Å². The van der Waals surface area contributed by atoms with Gasteiger partial charge in [0.2, 0.25) is 5.78 Å². The van der Waals surface area contributed by atoms with Gasteiger partial charge in [-0.15, -0.1) is 0 Å². The zero-order chi connectivity index (χ0) is 16.4. The lowest BCUT2D eigenvalue weighted by Crippen LogP contribution is -2.24. The number of anilines is 1. The van der Waals surface area contributed by atoms with Crippen molar-refractivity contribution in [1.29, 1.82) is 0 Å². The molecule has 1 fully saturated rings. The van der Waals surface area contributed by atoms with Crippen LogP contribution in [0.15, 0.2) is 35.3 Å². The summed E-state index contributed by atoms with van der Waals surface area (Å²) in [5, 5.41) is 3.13. The maximum atomic E-state index is 12.5. The van der Waals surface area contributed by atoms with Gasteiger partial charge in [0.25, 0.3) is 0 Å². The SMILES string of the molecule is C=CCOc1ccc2c(NC(N)=O)c(C(=O)C3CCC3)oc2c1. The number of hydrogen-bond acceptors (Lipinski definition) is 4. The molecule has 1 saturated carbocycles. The summed E-state index contributed by atoms with van der Waals surface area (Å²) in [6, 6.07) is 4.43. The van der Waals surface area contributed by atoms with E-state index in [-0.39, 0.29) is 17.5 Å². The van der Waals surface area contributed by atoms with E-state index < -0.39 is 6.03 Å². The van der Waals surface area contributed by atoms with E-state index in [9.17, 15) is 9.59 Å². The fourth-order valence-electron chi connectivity index (χ4n) is 2.60. The minimum Gasteiger partial charge on any atom is -0.489 e. The minimum atomic E-state index is -0.734. The lowest BCUT2D eigenvalue weighted by Gasteiger charge is -2.22. The number of hydrogen-bond donors (Lipinski definition) is 2. The first-order valence-corrected chi connectivity index (χ1v) is 7.51. The lowest BCUT2D eigenvalue weighted by molar-refractivity contribution is 0.0829. The maximum absolute atomic E-state index is 12.5. The van der Waals surface area contributed by atoms with Crippen LogP contribution in [0.4, 0.5) is 10.5 Å². The average molecular weight is 314 g/mol. The van der Waals surface area contributed by atoms with Gasteiger partial charge in [-0.3, -0.25) is 4.79 Å². The molecule has 1 aliphatic carbocycles. The van der Waals surface area contributed by atoms with Gasteiger partial charge in [-0.2, -0.15) is 0 Å². The summed E-state index contributed by atoms with van der Waals surface area (Å²) in [4.78, 5) is 23.8. The predicted molar refractivity (Wildman–Crippen MR) is 86.8 cm³/mol. The van der Waals surface area contributed by atoms with E-state index >= 15 is 0 Å². The fourth-order valence-corrected chi connectivity index (χ4v) is 2.60. The number of nitrogens with two attached hydrogens (primary N) is 1. The Morgan fingerprint density at radius 1 is 1.43 bits per heavy atom. The van der Waals surface area contributed by atoms with Gasteiger partial charge >= 0.3 is 6.03 Å². The Morgan fingerprint density at radius 2 is 2.22 bits per heavy atom. The van der Waals surface area contributed by atoms with Crippen molar-refractivity contribution in [2.45, 2.75) is 19.3 Å². The highest BCUT2D eigenvalue weighted by Gasteiger charge is 2.32. The van der Waals surface area contributed by atoms with Crippen LogP contribution in [0, 0.1) is 5.92 Å². The molecule has 0 saturated heterocycles. The zero-order valence-corrected chi connectivity index (χ0v) is 12.6. The van der Waals surface area contributed by atoms with Crippen molar-refractivity contribution >= 4 is 28.5 Å². The molecule has 0 radical (unpaired) electrons. The number of carbonyl (C=O) groups excluding carboxylic acids is 2. The molecule has 6 nitrogen and oxygen atoms in total. The van der Waals surface area contributed by atoms with Crippen LogP contribution in [0.2, 0.25) is 0 Å². The largest absolute Gasteiger partial charge is 0.489 e. The molecule has 1 aromatic heterocycles. The number of rotatable bonds is 6. The van der Waals surface area contributed by atoms with Crippen LogP contribution in [-0.4, -0.2) is 18.4 Å². The van der Waals surface area contributed by atoms with E-state index in [0.717, 1.165) is 19.3 Å². The van der Waals surface area contributed by atoms with Crippen LogP contribution in [0.25, 0.3) is 11.0 Å². The number of ketones is 1. The Balaban J connectivity index is 2.03. The Bertz CT molecular complexity index is 774. The number of furan rings is 1. The molecule has 2 aromatic rings. The number of fused-ring (bicyclic) bond motifs is 1. The van der Waals surface area contributed by atoms with E-state index in [4.69, 9.17) is 14.9 Å². The quantitative estimate of drug-likeness (QED) is 0.630. The van der Waals surface area contributed by atoms with E-state index in [1.807, 2.05) is 0 Å². The Kier molecular flexibility index (Phi) is 4.06. The van der Waals surface area contributed by atoms with Crippen molar-refractivity contribution < 1.29 is 18.7 Å². The molecule has 3 rings (SSSR count). The second-order valence-corrected chi connectivity index (χ2v) is 5.55. The normalized spacial score (nSPS) is 14.3. The molecule has 0 spiro atoms. The number of ether oxygens (including phenoxy) is 1. The van der Waals surface area contributed by atoms with Crippen molar-refractivity contribution in [3.8, 4) is 5.75 Å². The molecule has 1 aromatic carbocycles. The highest BCUT2D eigenvalue weighted by Crippen LogP contribution is 2.38. The van der Waals surface area contributed by atoms with E-state index in [2.05, 4.69) is 11.9 Å². The molecule has 120 valence electrons. The average Bonchev–Trinajstić information content (AvgIpc) is 2.80. The van der Waals surface area contributed by atoms with E-state index in [1.54, 1.807) is 24.3 Å². The second-order valence-electron chi connectivity index (χ2n) is 5.55. The Labute approximate surface area is 133 Å². The van der Waals surface area contributed by atoms with Crippen molar-refractivity contribution in [2.24, 2.45) is 11.7 Å². The minimum absolute atomic E-state index is 0.0412.